The highest BCUT2D eigenvalue weighted by atomic mass is 35.5. The molecule has 2 aromatic rings. The van der Waals surface area contributed by atoms with E-state index < -0.39 is 10.0 Å². The lowest BCUT2D eigenvalue weighted by Crippen LogP contribution is -2.38. The Hall–Kier alpha value is -1.74. The van der Waals surface area contributed by atoms with Crippen molar-refractivity contribution < 1.29 is 8.42 Å². The normalized spacial score (nSPS) is 21.0. The highest BCUT2D eigenvalue weighted by molar-refractivity contribution is 7.89. The van der Waals surface area contributed by atoms with Crippen LogP contribution in [0.15, 0.2) is 29.2 Å². The number of aromatic nitrogens is 2. The number of likely N-dealkylation sites (N-methyl/N-ethyl adjacent to an activating group) is 1. The topological polar surface area (TPSA) is 78.4 Å². The molecule has 1 atom stereocenters. The van der Waals surface area contributed by atoms with E-state index in [0.29, 0.717) is 18.9 Å². The molecule has 1 aromatic carbocycles. The quantitative estimate of drug-likeness (QED) is 0.795. The zero-order valence-electron chi connectivity index (χ0n) is 16.7. The number of hydrogen-bond donors (Lipinski definition) is 1. The molecule has 0 saturated carbocycles. The van der Waals surface area contributed by atoms with Gasteiger partial charge in [-0.2, -0.15) is 4.31 Å². The molecule has 3 heterocycles. The molecule has 2 aliphatic heterocycles. The van der Waals surface area contributed by atoms with Crippen LogP contribution in [0.3, 0.4) is 0 Å². The van der Waals surface area contributed by atoms with Gasteiger partial charge >= 0.3 is 0 Å². The minimum absolute atomic E-state index is 0.138. The van der Waals surface area contributed by atoms with E-state index in [2.05, 4.69) is 17.3 Å². The summed E-state index contributed by atoms with van der Waals surface area (Å²) in [6.45, 7) is 2.68. The second-order valence-corrected chi connectivity index (χ2v) is 10.0. The van der Waals surface area contributed by atoms with Gasteiger partial charge in [0, 0.05) is 44.6 Å². The number of likely N-dealkylation sites (tertiary alicyclic amines) is 1. The van der Waals surface area contributed by atoms with Gasteiger partial charge in [-0.05, 0) is 38.6 Å². The van der Waals surface area contributed by atoms with Crippen molar-refractivity contribution >= 4 is 27.4 Å². The number of nitrogens with one attached hydrogen (secondary N) is 1. The largest absolute Gasteiger partial charge is 0.373 e. The number of sulfonamides is 1. The van der Waals surface area contributed by atoms with E-state index in [4.69, 9.17) is 21.6 Å². The maximum absolute atomic E-state index is 13.1. The van der Waals surface area contributed by atoms with E-state index in [9.17, 15) is 8.42 Å². The number of rotatable bonds is 4. The average molecular weight is 436 g/mol. The Labute approximate surface area is 177 Å². The summed E-state index contributed by atoms with van der Waals surface area (Å²) in [7, 11) is 0.259. The van der Waals surface area contributed by atoms with Gasteiger partial charge in [0.2, 0.25) is 10.0 Å². The molecule has 9 heteroatoms. The molecule has 7 nitrogen and oxygen atoms in total. The molecule has 0 bridgehead atoms. The van der Waals surface area contributed by atoms with E-state index in [1.165, 1.54) is 4.31 Å². The molecule has 0 aliphatic carbocycles. The van der Waals surface area contributed by atoms with Crippen molar-refractivity contribution in [3.8, 4) is 0 Å². The van der Waals surface area contributed by atoms with E-state index >= 15 is 0 Å². The van der Waals surface area contributed by atoms with Crippen LogP contribution in [0, 0.1) is 0 Å². The number of halogens is 1. The molecule has 0 amide bonds. The number of piperidine rings is 1. The molecule has 0 spiro atoms. The Morgan fingerprint density at radius 2 is 2.00 bits per heavy atom. The van der Waals surface area contributed by atoms with Crippen molar-refractivity contribution in [3.63, 3.8) is 0 Å². The lowest BCUT2D eigenvalue weighted by atomic mass is 9.97. The van der Waals surface area contributed by atoms with Crippen molar-refractivity contribution in [2.75, 3.05) is 39.0 Å². The SMILES string of the molecule is CNc1nc([C@H]2CCCN(C)C2)nc2c1CN(S(=O)(=O)c1ccccc1Cl)CC2. The molecule has 0 radical (unpaired) electrons. The number of nitrogens with zero attached hydrogens (tertiary/aromatic N) is 4. The third-order valence-corrected chi connectivity index (χ3v) is 8.07. The Morgan fingerprint density at radius 3 is 2.72 bits per heavy atom. The summed E-state index contributed by atoms with van der Waals surface area (Å²) >= 11 is 6.16. The Kier molecular flexibility index (Phi) is 5.79. The predicted molar refractivity (Wildman–Crippen MR) is 114 cm³/mol. The van der Waals surface area contributed by atoms with Gasteiger partial charge in [-0.3, -0.25) is 0 Å². The molecule has 2 aliphatic rings. The second kappa shape index (κ2) is 8.18. The highest BCUT2D eigenvalue weighted by Gasteiger charge is 2.33. The summed E-state index contributed by atoms with van der Waals surface area (Å²) < 4.78 is 27.8. The van der Waals surface area contributed by atoms with Crippen LogP contribution in [0.4, 0.5) is 5.82 Å². The number of fused-ring (bicyclic) bond motifs is 1. The van der Waals surface area contributed by atoms with Crippen LogP contribution < -0.4 is 5.32 Å². The van der Waals surface area contributed by atoms with E-state index in [1.54, 1.807) is 24.3 Å². The van der Waals surface area contributed by atoms with E-state index in [-0.39, 0.29) is 16.5 Å². The monoisotopic (exact) mass is 435 g/mol. The fourth-order valence-electron chi connectivity index (χ4n) is 4.17. The van der Waals surface area contributed by atoms with Crippen molar-refractivity contribution in [1.82, 2.24) is 19.2 Å². The highest BCUT2D eigenvalue weighted by Crippen LogP contribution is 2.32. The van der Waals surface area contributed by atoms with Gasteiger partial charge in [-0.25, -0.2) is 18.4 Å². The molecule has 156 valence electrons. The van der Waals surface area contributed by atoms with Crippen LogP contribution in [0.1, 0.15) is 35.8 Å². The zero-order valence-corrected chi connectivity index (χ0v) is 18.3. The van der Waals surface area contributed by atoms with Gasteiger partial charge in [-0.1, -0.05) is 23.7 Å². The minimum Gasteiger partial charge on any atom is -0.373 e. The number of benzene rings is 1. The van der Waals surface area contributed by atoms with Crippen LogP contribution in [-0.4, -0.2) is 61.3 Å². The molecule has 29 heavy (non-hydrogen) atoms. The first-order chi connectivity index (χ1) is 13.9. The van der Waals surface area contributed by atoms with Crippen molar-refractivity contribution in [1.29, 1.82) is 0 Å². The number of anilines is 1. The first kappa shape index (κ1) is 20.5. The van der Waals surface area contributed by atoms with Crippen molar-refractivity contribution in [3.05, 3.63) is 46.4 Å². The van der Waals surface area contributed by atoms with Gasteiger partial charge in [0.15, 0.2) is 0 Å². The maximum Gasteiger partial charge on any atom is 0.244 e. The third kappa shape index (κ3) is 3.99. The van der Waals surface area contributed by atoms with Gasteiger partial charge in [0.25, 0.3) is 0 Å². The Balaban J connectivity index is 1.65. The third-order valence-electron chi connectivity index (χ3n) is 5.72. The molecular weight excluding hydrogens is 410 g/mol. The van der Waals surface area contributed by atoms with Crippen LogP contribution >= 0.6 is 11.6 Å². The molecule has 1 saturated heterocycles. The first-order valence-electron chi connectivity index (χ1n) is 9.91. The van der Waals surface area contributed by atoms with Crippen LogP contribution in [0.5, 0.6) is 0 Å². The number of hydrogen-bond acceptors (Lipinski definition) is 6. The van der Waals surface area contributed by atoms with Crippen LogP contribution in [0.25, 0.3) is 0 Å². The van der Waals surface area contributed by atoms with E-state index in [0.717, 1.165) is 48.8 Å². The van der Waals surface area contributed by atoms with Crippen molar-refractivity contribution in [2.24, 2.45) is 0 Å². The van der Waals surface area contributed by atoms with Crippen LogP contribution in [0.2, 0.25) is 5.02 Å². The fourth-order valence-corrected chi connectivity index (χ4v) is 6.08. The van der Waals surface area contributed by atoms with Crippen LogP contribution in [-0.2, 0) is 23.0 Å². The molecule has 1 aromatic heterocycles. The second-order valence-electron chi connectivity index (χ2n) is 7.73. The fraction of sp³-hybridized carbons (Fsp3) is 0.500. The average Bonchev–Trinajstić information content (AvgIpc) is 2.72. The van der Waals surface area contributed by atoms with Crippen molar-refractivity contribution in [2.45, 2.75) is 36.6 Å². The maximum atomic E-state index is 13.1. The summed E-state index contributed by atoms with van der Waals surface area (Å²) in [6, 6.07) is 6.56. The van der Waals surface area contributed by atoms with E-state index in [1.807, 2.05) is 7.05 Å². The molecule has 4 rings (SSSR count). The van der Waals surface area contributed by atoms with Gasteiger partial charge in [0.05, 0.1) is 10.7 Å². The van der Waals surface area contributed by atoms with Gasteiger partial charge in [-0.15, -0.1) is 0 Å². The molecule has 0 unspecified atom stereocenters. The summed E-state index contributed by atoms with van der Waals surface area (Å²) in [5.41, 5.74) is 1.79. The molecule has 1 N–H and O–H groups in total. The van der Waals surface area contributed by atoms with Gasteiger partial charge < -0.3 is 10.2 Å². The Morgan fingerprint density at radius 1 is 1.21 bits per heavy atom. The Bertz CT molecular complexity index is 997. The summed E-state index contributed by atoms with van der Waals surface area (Å²) in [5.74, 6) is 1.90. The molecular formula is C20H26ClN5O2S. The summed E-state index contributed by atoms with van der Waals surface area (Å²) in [6.07, 6.45) is 2.78. The lowest BCUT2D eigenvalue weighted by Gasteiger charge is -2.32. The predicted octanol–water partition coefficient (Wildman–Crippen LogP) is 2.73. The summed E-state index contributed by atoms with van der Waals surface area (Å²) in [5, 5.41) is 3.39. The van der Waals surface area contributed by atoms with Gasteiger partial charge in [0.1, 0.15) is 16.5 Å². The zero-order chi connectivity index (χ0) is 20.6. The smallest absolute Gasteiger partial charge is 0.244 e. The minimum atomic E-state index is -3.69. The molecule has 1 fully saturated rings. The standard InChI is InChI=1S/C20H26ClN5O2S/c1-22-20-15-13-26(29(27,28)18-8-4-3-7-16(18)21)11-9-17(15)23-19(24-20)14-6-5-10-25(2)12-14/h3-4,7-8,14H,5-6,9-13H2,1-2H3,(H,22,23,24)/t14-/m0/s1. The first-order valence-corrected chi connectivity index (χ1v) is 11.7. The summed E-state index contributed by atoms with van der Waals surface area (Å²) in [4.78, 5) is 12.1. The lowest BCUT2D eigenvalue weighted by molar-refractivity contribution is 0.245.